The Morgan fingerprint density at radius 2 is 1.71 bits per heavy atom. The zero-order valence-electron chi connectivity index (χ0n) is 22.4. The lowest BCUT2D eigenvalue weighted by atomic mass is 10.1. The van der Waals surface area contributed by atoms with E-state index in [0.717, 1.165) is 11.3 Å². The monoisotopic (exact) mass is 557 g/mol. The van der Waals surface area contributed by atoms with Gasteiger partial charge in [0.25, 0.3) is 5.91 Å². The van der Waals surface area contributed by atoms with Crippen LogP contribution in [0.5, 0.6) is 0 Å². The maximum atomic E-state index is 13.7. The maximum absolute atomic E-state index is 13.7. The SMILES string of the molecule is CCOCCCN(CC(=O)N(Cc1cccn1Cc1ccccc1Cl)CC(C)C)C(=O)c1ccc(Cl)cc1. The summed E-state index contributed by atoms with van der Waals surface area (Å²) in [7, 11) is 0. The van der Waals surface area contributed by atoms with Crippen molar-refractivity contribution < 1.29 is 14.3 Å². The lowest BCUT2D eigenvalue weighted by Gasteiger charge is -2.29. The molecule has 0 radical (unpaired) electrons. The van der Waals surface area contributed by atoms with Crippen molar-refractivity contribution in [3.05, 3.63) is 93.7 Å². The van der Waals surface area contributed by atoms with E-state index in [4.69, 9.17) is 27.9 Å². The Morgan fingerprint density at radius 1 is 0.974 bits per heavy atom. The minimum Gasteiger partial charge on any atom is -0.382 e. The third-order valence-electron chi connectivity index (χ3n) is 6.14. The van der Waals surface area contributed by atoms with Crippen LogP contribution in [0.1, 0.15) is 48.8 Å². The van der Waals surface area contributed by atoms with Crippen LogP contribution in [0.3, 0.4) is 0 Å². The number of carbonyl (C=O) groups is 2. The number of aromatic nitrogens is 1. The molecular formula is C30H37Cl2N3O3. The fourth-order valence-electron chi connectivity index (χ4n) is 4.24. The van der Waals surface area contributed by atoms with Crippen LogP contribution in [0.2, 0.25) is 10.0 Å². The Morgan fingerprint density at radius 3 is 2.39 bits per heavy atom. The number of hydrogen-bond acceptors (Lipinski definition) is 3. The molecule has 6 nitrogen and oxygen atoms in total. The van der Waals surface area contributed by atoms with Gasteiger partial charge in [0, 0.05) is 60.3 Å². The molecule has 0 fully saturated rings. The van der Waals surface area contributed by atoms with Gasteiger partial charge in [-0.15, -0.1) is 0 Å². The Bertz CT molecular complexity index is 1180. The first-order chi connectivity index (χ1) is 18.3. The van der Waals surface area contributed by atoms with E-state index in [-0.39, 0.29) is 24.3 Å². The summed E-state index contributed by atoms with van der Waals surface area (Å²) in [6.07, 6.45) is 2.64. The number of benzene rings is 2. The van der Waals surface area contributed by atoms with E-state index < -0.39 is 0 Å². The molecule has 3 rings (SSSR count). The second-order valence-corrected chi connectivity index (χ2v) is 10.5. The van der Waals surface area contributed by atoms with Crippen molar-refractivity contribution in [2.75, 3.05) is 32.8 Å². The lowest BCUT2D eigenvalue weighted by molar-refractivity contribution is -0.133. The van der Waals surface area contributed by atoms with Crippen molar-refractivity contribution >= 4 is 35.0 Å². The van der Waals surface area contributed by atoms with Crippen LogP contribution in [-0.2, 0) is 22.6 Å². The smallest absolute Gasteiger partial charge is 0.254 e. The molecule has 38 heavy (non-hydrogen) atoms. The van der Waals surface area contributed by atoms with Gasteiger partial charge in [-0.3, -0.25) is 9.59 Å². The first-order valence-electron chi connectivity index (χ1n) is 13.1. The standard InChI is InChI=1S/C30H37Cl2N3O3/c1-4-38-18-8-17-34(30(37)24-12-14-26(31)15-13-24)22-29(36)35(19-23(2)3)21-27-10-7-16-33(27)20-25-9-5-6-11-28(25)32/h5-7,9-16,23H,4,8,17-22H2,1-3H3. The van der Waals surface area contributed by atoms with Gasteiger partial charge < -0.3 is 19.1 Å². The predicted molar refractivity (Wildman–Crippen MR) is 154 cm³/mol. The van der Waals surface area contributed by atoms with Gasteiger partial charge >= 0.3 is 0 Å². The Hall–Kier alpha value is -2.80. The minimum atomic E-state index is -0.196. The number of hydrogen-bond donors (Lipinski definition) is 0. The third kappa shape index (κ3) is 8.90. The highest BCUT2D eigenvalue weighted by Crippen LogP contribution is 2.19. The van der Waals surface area contributed by atoms with Gasteiger partial charge in [-0.1, -0.05) is 55.2 Å². The van der Waals surface area contributed by atoms with Crippen LogP contribution in [-0.4, -0.2) is 59.0 Å². The molecule has 2 amide bonds. The number of rotatable bonds is 14. The van der Waals surface area contributed by atoms with E-state index in [2.05, 4.69) is 18.4 Å². The number of halogens is 2. The number of carbonyl (C=O) groups excluding carboxylic acids is 2. The van der Waals surface area contributed by atoms with E-state index in [1.165, 1.54) is 0 Å². The summed E-state index contributed by atoms with van der Waals surface area (Å²) in [4.78, 5) is 30.5. The summed E-state index contributed by atoms with van der Waals surface area (Å²) in [5.41, 5.74) is 2.52. The van der Waals surface area contributed by atoms with E-state index in [9.17, 15) is 9.59 Å². The number of ether oxygens (including phenoxy) is 1. The van der Waals surface area contributed by atoms with Crippen molar-refractivity contribution in [1.82, 2.24) is 14.4 Å². The van der Waals surface area contributed by atoms with Gasteiger partial charge in [0.2, 0.25) is 5.91 Å². The quantitative estimate of drug-likeness (QED) is 0.215. The second-order valence-electron chi connectivity index (χ2n) is 9.67. The van der Waals surface area contributed by atoms with Crippen molar-refractivity contribution in [3.8, 4) is 0 Å². The first-order valence-corrected chi connectivity index (χ1v) is 13.8. The zero-order chi connectivity index (χ0) is 27.5. The third-order valence-corrected chi connectivity index (χ3v) is 6.76. The van der Waals surface area contributed by atoms with Crippen molar-refractivity contribution in [1.29, 1.82) is 0 Å². The van der Waals surface area contributed by atoms with Crippen molar-refractivity contribution in [2.24, 2.45) is 5.92 Å². The van der Waals surface area contributed by atoms with E-state index in [1.54, 1.807) is 29.2 Å². The Balaban J connectivity index is 1.77. The minimum absolute atomic E-state index is 0.00841. The number of amides is 2. The molecule has 1 heterocycles. The molecule has 3 aromatic rings. The van der Waals surface area contributed by atoms with E-state index >= 15 is 0 Å². The molecule has 0 spiro atoms. The molecule has 8 heteroatoms. The van der Waals surface area contributed by atoms with Crippen LogP contribution in [0.4, 0.5) is 0 Å². The van der Waals surface area contributed by atoms with Crippen LogP contribution in [0.15, 0.2) is 66.9 Å². The van der Waals surface area contributed by atoms with E-state index in [0.29, 0.717) is 61.4 Å². The molecule has 0 saturated carbocycles. The van der Waals surface area contributed by atoms with Gasteiger partial charge in [-0.25, -0.2) is 0 Å². The average molecular weight is 559 g/mol. The van der Waals surface area contributed by atoms with Crippen LogP contribution in [0.25, 0.3) is 0 Å². The van der Waals surface area contributed by atoms with Gasteiger partial charge in [0.1, 0.15) is 6.54 Å². The molecule has 0 saturated heterocycles. The fraction of sp³-hybridized carbons (Fsp3) is 0.400. The summed E-state index contributed by atoms with van der Waals surface area (Å²) < 4.78 is 7.58. The zero-order valence-corrected chi connectivity index (χ0v) is 23.9. The van der Waals surface area contributed by atoms with Gasteiger partial charge in [0.15, 0.2) is 0 Å². The molecule has 0 aliphatic rings. The molecule has 1 aromatic heterocycles. The maximum Gasteiger partial charge on any atom is 0.254 e. The van der Waals surface area contributed by atoms with Crippen LogP contribution >= 0.6 is 23.2 Å². The fourth-order valence-corrected chi connectivity index (χ4v) is 4.56. The molecule has 0 unspecified atom stereocenters. The Kier molecular flexibility index (Phi) is 11.7. The molecule has 0 bridgehead atoms. The van der Waals surface area contributed by atoms with E-state index in [1.807, 2.05) is 54.4 Å². The second kappa shape index (κ2) is 15.0. The Labute approximate surface area is 236 Å². The molecule has 0 aliphatic heterocycles. The van der Waals surface area contributed by atoms with Gasteiger partial charge in [-0.2, -0.15) is 0 Å². The van der Waals surface area contributed by atoms with Crippen LogP contribution < -0.4 is 0 Å². The normalized spacial score (nSPS) is 11.1. The summed E-state index contributed by atoms with van der Waals surface area (Å²) >= 11 is 12.4. The van der Waals surface area contributed by atoms with Crippen molar-refractivity contribution in [3.63, 3.8) is 0 Å². The predicted octanol–water partition coefficient (Wildman–Crippen LogP) is 6.40. The largest absolute Gasteiger partial charge is 0.382 e. The molecular weight excluding hydrogens is 521 g/mol. The van der Waals surface area contributed by atoms with Gasteiger partial charge in [0.05, 0.1) is 6.54 Å². The molecule has 0 N–H and O–H groups in total. The van der Waals surface area contributed by atoms with Crippen molar-refractivity contribution in [2.45, 2.75) is 40.3 Å². The van der Waals surface area contributed by atoms with Crippen LogP contribution in [0, 0.1) is 5.92 Å². The summed E-state index contributed by atoms with van der Waals surface area (Å²) in [6, 6.07) is 18.5. The summed E-state index contributed by atoms with van der Waals surface area (Å²) in [6.45, 7) is 9.30. The topological polar surface area (TPSA) is 54.8 Å². The molecule has 2 aromatic carbocycles. The summed E-state index contributed by atoms with van der Waals surface area (Å²) in [5, 5.41) is 1.27. The highest BCUT2D eigenvalue weighted by Gasteiger charge is 2.24. The molecule has 0 atom stereocenters. The molecule has 204 valence electrons. The lowest BCUT2D eigenvalue weighted by Crippen LogP contribution is -2.44. The first kappa shape index (κ1) is 29.8. The highest BCUT2D eigenvalue weighted by molar-refractivity contribution is 6.31. The number of nitrogens with zero attached hydrogens (tertiary/aromatic N) is 3. The van der Waals surface area contributed by atoms with Gasteiger partial charge in [-0.05, 0) is 67.3 Å². The molecule has 0 aliphatic carbocycles. The summed E-state index contributed by atoms with van der Waals surface area (Å²) in [5.74, 6) is -0.0228. The average Bonchev–Trinajstić information content (AvgIpc) is 3.33. The highest BCUT2D eigenvalue weighted by atomic mass is 35.5.